The Bertz CT molecular complexity index is 1010. The maximum atomic E-state index is 12.8. The van der Waals surface area contributed by atoms with E-state index in [0.29, 0.717) is 5.69 Å². The fourth-order valence-electron chi connectivity index (χ4n) is 3.00. The number of hydrogen-bond donors (Lipinski definition) is 1. The van der Waals surface area contributed by atoms with E-state index in [-0.39, 0.29) is 11.9 Å². The molecule has 1 aromatic carbocycles. The molecule has 4 rings (SSSR count). The first-order valence-corrected chi connectivity index (χ1v) is 8.99. The van der Waals surface area contributed by atoms with Gasteiger partial charge in [0, 0.05) is 29.8 Å². The van der Waals surface area contributed by atoms with Crippen molar-refractivity contribution in [2.45, 2.75) is 19.9 Å². The SMILES string of the molecule is CC(C)n1c(C(=O)Nc2ccc(-n3ccnc3)cc2)cc2sccc21. The zero-order valence-electron chi connectivity index (χ0n) is 14.0. The average Bonchev–Trinajstić information content (AvgIpc) is 3.31. The van der Waals surface area contributed by atoms with E-state index in [1.807, 2.05) is 41.1 Å². The summed E-state index contributed by atoms with van der Waals surface area (Å²) in [6, 6.07) is 12.0. The van der Waals surface area contributed by atoms with Crippen LogP contribution in [0.4, 0.5) is 5.69 Å². The van der Waals surface area contributed by atoms with Crippen molar-refractivity contribution in [1.29, 1.82) is 0 Å². The smallest absolute Gasteiger partial charge is 0.272 e. The van der Waals surface area contributed by atoms with Gasteiger partial charge in [0.25, 0.3) is 5.91 Å². The molecular weight excluding hydrogens is 332 g/mol. The van der Waals surface area contributed by atoms with Gasteiger partial charge in [0.15, 0.2) is 0 Å². The fraction of sp³-hybridized carbons (Fsp3) is 0.158. The topological polar surface area (TPSA) is 51.9 Å². The second-order valence-corrected chi connectivity index (χ2v) is 7.08. The van der Waals surface area contributed by atoms with Crippen LogP contribution >= 0.6 is 11.3 Å². The van der Waals surface area contributed by atoms with Crippen LogP contribution in [0.15, 0.2) is 60.5 Å². The number of benzene rings is 1. The van der Waals surface area contributed by atoms with E-state index in [2.05, 4.69) is 40.2 Å². The van der Waals surface area contributed by atoms with Crippen LogP contribution in [0, 0.1) is 0 Å². The Morgan fingerprint density at radius 3 is 2.68 bits per heavy atom. The minimum absolute atomic E-state index is 0.0903. The zero-order chi connectivity index (χ0) is 17.4. The van der Waals surface area contributed by atoms with E-state index in [4.69, 9.17) is 0 Å². The predicted molar refractivity (Wildman–Crippen MR) is 102 cm³/mol. The molecule has 0 saturated carbocycles. The van der Waals surface area contributed by atoms with Crippen LogP contribution in [-0.4, -0.2) is 20.0 Å². The second kappa shape index (κ2) is 6.22. The number of imidazole rings is 1. The summed E-state index contributed by atoms with van der Waals surface area (Å²) in [6.45, 7) is 4.18. The Balaban J connectivity index is 1.60. The van der Waals surface area contributed by atoms with Crippen molar-refractivity contribution in [1.82, 2.24) is 14.1 Å². The summed E-state index contributed by atoms with van der Waals surface area (Å²) in [4.78, 5) is 16.8. The van der Waals surface area contributed by atoms with Gasteiger partial charge in [-0.25, -0.2) is 4.98 Å². The van der Waals surface area contributed by atoms with Crippen LogP contribution in [0.1, 0.15) is 30.4 Å². The number of fused-ring (bicyclic) bond motifs is 1. The summed E-state index contributed by atoms with van der Waals surface area (Å²) in [5.74, 6) is -0.0903. The van der Waals surface area contributed by atoms with Gasteiger partial charge in [0.2, 0.25) is 0 Å². The van der Waals surface area contributed by atoms with Crippen LogP contribution in [0.3, 0.4) is 0 Å². The van der Waals surface area contributed by atoms with Crippen molar-refractivity contribution < 1.29 is 4.79 Å². The summed E-state index contributed by atoms with van der Waals surface area (Å²) < 4.78 is 5.14. The Labute approximate surface area is 149 Å². The number of rotatable bonds is 4. The average molecular weight is 350 g/mol. The van der Waals surface area contributed by atoms with Crippen LogP contribution in [0.2, 0.25) is 0 Å². The van der Waals surface area contributed by atoms with E-state index < -0.39 is 0 Å². The van der Waals surface area contributed by atoms with Gasteiger partial charge in [-0.3, -0.25) is 4.79 Å². The van der Waals surface area contributed by atoms with Crippen LogP contribution in [0.25, 0.3) is 15.9 Å². The quantitative estimate of drug-likeness (QED) is 0.579. The monoisotopic (exact) mass is 350 g/mol. The van der Waals surface area contributed by atoms with Gasteiger partial charge in [-0.05, 0) is 55.6 Å². The number of carbonyl (C=O) groups is 1. The molecule has 25 heavy (non-hydrogen) atoms. The lowest BCUT2D eigenvalue weighted by Gasteiger charge is -2.14. The highest BCUT2D eigenvalue weighted by molar-refractivity contribution is 7.17. The number of anilines is 1. The highest BCUT2D eigenvalue weighted by atomic mass is 32.1. The normalized spacial score (nSPS) is 11.3. The van der Waals surface area contributed by atoms with Crippen molar-refractivity contribution in [2.75, 3.05) is 5.32 Å². The number of nitrogens with one attached hydrogen (secondary N) is 1. The van der Waals surface area contributed by atoms with Crippen molar-refractivity contribution in [3.8, 4) is 5.69 Å². The molecule has 3 heterocycles. The molecule has 0 aliphatic rings. The third-order valence-electron chi connectivity index (χ3n) is 4.14. The predicted octanol–water partition coefficient (Wildman–Crippen LogP) is 4.72. The molecule has 1 amide bonds. The highest BCUT2D eigenvalue weighted by Crippen LogP contribution is 2.29. The molecule has 0 aliphatic carbocycles. The van der Waals surface area contributed by atoms with Gasteiger partial charge < -0.3 is 14.5 Å². The van der Waals surface area contributed by atoms with Gasteiger partial charge >= 0.3 is 0 Å². The number of amides is 1. The van der Waals surface area contributed by atoms with Crippen molar-refractivity contribution in [3.63, 3.8) is 0 Å². The molecule has 0 aliphatic heterocycles. The molecule has 4 aromatic rings. The third-order valence-corrected chi connectivity index (χ3v) is 4.99. The first-order valence-electron chi connectivity index (χ1n) is 8.11. The summed E-state index contributed by atoms with van der Waals surface area (Å²) in [5, 5.41) is 5.05. The molecule has 0 fully saturated rings. The number of carbonyl (C=O) groups excluding carboxylic acids is 1. The molecule has 0 spiro atoms. The number of hydrogen-bond acceptors (Lipinski definition) is 3. The summed E-state index contributed by atoms with van der Waals surface area (Å²) in [5.41, 5.74) is 3.58. The number of thiophene rings is 1. The van der Waals surface area contributed by atoms with Gasteiger partial charge in [-0.15, -0.1) is 11.3 Å². The standard InChI is InChI=1S/C19H18N4OS/c1-13(2)23-16-7-10-25-18(16)11-17(23)19(24)21-14-3-5-15(6-4-14)22-9-8-20-12-22/h3-13H,1-2H3,(H,21,24). The molecular formula is C19H18N4OS. The lowest BCUT2D eigenvalue weighted by molar-refractivity contribution is 0.101. The summed E-state index contributed by atoms with van der Waals surface area (Å²) in [6.07, 6.45) is 5.37. The van der Waals surface area contributed by atoms with E-state index in [1.165, 1.54) is 0 Å². The lowest BCUT2D eigenvalue weighted by atomic mass is 10.2. The molecule has 0 bridgehead atoms. The van der Waals surface area contributed by atoms with Crippen LogP contribution in [0.5, 0.6) is 0 Å². The Hall–Kier alpha value is -2.86. The molecule has 0 atom stereocenters. The Kier molecular flexibility index (Phi) is 3.89. The second-order valence-electron chi connectivity index (χ2n) is 6.13. The van der Waals surface area contributed by atoms with E-state index in [9.17, 15) is 4.79 Å². The Morgan fingerprint density at radius 2 is 2.00 bits per heavy atom. The molecule has 1 N–H and O–H groups in total. The molecule has 3 aromatic heterocycles. The number of aromatic nitrogens is 3. The largest absolute Gasteiger partial charge is 0.333 e. The molecule has 5 nitrogen and oxygen atoms in total. The molecule has 126 valence electrons. The van der Waals surface area contributed by atoms with E-state index in [0.717, 1.165) is 21.6 Å². The molecule has 0 radical (unpaired) electrons. The van der Waals surface area contributed by atoms with E-state index >= 15 is 0 Å². The Morgan fingerprint density at radius 1 is 1.20 bits per heavy atom. The van der Waals surface area contributed by atoms with Gasteiger partial charge in [0.1, 0.15) is 5.69 Å². The van der Waals surface area contributed by atoms with Crippen molar-refractivity contribution in [2.24, 2.45) is 0 Å². The van der Waals surface area contributed by atoms with Gasteiger partial charge in [0.05, 0.1) is 16.5 Å². The first kappa shape index (κ1) is 15.7. The minimum atomic E-state index is -0.0903. The van der Waals surface area contributed by atoms with Crippen LogP contribution in [-0.2, 0) is 0 Å². The number of nitrogens with zero attached hydrogens (tertiary/aromatic N) is 3. The molecule has 0 saturated heterocycles. The van der Waals surface area contributed by atoms with E-state index in [1.54, 1.807) is 23.9 Å². The lowest BCUT2D eigenvalue weighted by Crippen LogP contribution is -2.18. The van der Waals surface area contributed by atoms with Gasteiger partial charge in [-0.1, -0.05) is 0 Å². The van der Waals surface area contributed by atoms with Crippen molar-refractivity contribution >= 4 is 33.1 Å². The zero-order valence-corrected chi connectivity index (χ0v) is 14.8. The maximum absolute atomic E-state index is 12.8. The molecule has 6 heteroatoms. The van der Waals surface area contributed by atoms with Crippen molar-refractivity contribution in [3.05, 3.63) is 66.2 Å². The third kappa shape index (κ3) is 2.85. The maximum Gasteiger partial charge on any atom is 0.272 e. The van der Waals surface area contributed by atoms with Crippen LogP contribution < -0.4 is 5.32 Å². The van der Waals surface area contributed by atoms with Gasteiger partial charge in [-0.2, -0.15) is 0 Å². The fourth-order valence-corrected chi connectivity index (χ4v) is 3.81. The highest BCUT2D eigenvalue weighted by Gasteiger charge is 2.18. The summed E-state index contributed by atoms with van der Waals surface area (Å²) in [7, 11) is 0. The summed E-state index contributed by atoms with van der Waals surface area (Å²) >= 11 is 1.65. The molecule has 0 unspecified atom stereocenters. The minimum Gasteiger partial charge on any atom is -0.333 e. The first-order chi connectivity index (χ1) is 12.1.